The fourth-order valence-electron chi connectivity index (χ4n) is 1.94. The number of esters is 1. The van der Waals surface area contributed by atoms with Crippen LogP contribution in [0.25, 0.3) is 0 Å². The minimum absolute atomic E-state index is 0.0409. The zero-order valence-corrected chi connectivity index (χ0v) is 16.1. The average molecular weight is 340 g/mol. The predicted octanol–water partition coefficient (Wildman–Crippen LogP) is 3.85. The summed E-state index contributed by atoms with van der Waals surface area (Å²) in [5, 5.41) is 2.89. The van der Waals surface area contributed by atoms with Crippen molar-refractivity contribution in [1.29, 1.82) is 0 Å². The van der Waals surface area contributed by atoms with Gasteiger partial charge in [0.25, 0.3) is 0 Å². The van der Waals surface area contributed by atoms with Crippen LogP contribution in [0, 0.1) is 5.92 Å². The highest BCUT2D eigenvalue weighted by Crippen LogP contribution is 2.13. The molecule has 0 aromatic carbocycles. The lowest BCUT2D eigenvalue weighted by Crippen LogP contribution is -2.42. The molecule has 1 unspecified atom stereocenters. The number of amides is 1. The molecule has 1 amide bonds. The number of nitrogens with zero attached hydrogens (tertiary/aromatic N) is 1. The number of ether oxygens (including phenoxy) is 2. The molecule has 0 aliphatic rings. The van der Waals surface area contributed by atoms with Crippen molar-refractivity contribution in [1.82, 2.24) is 5.32 Å². The largest absolute Gasteiger partial charge is 0.461 e. The Labute approximate surface area is 145 Å². The van der Waals surface area contributed by atoms with Gasteiger partial charge in [0.05, 0.1) is 6.61 Å². The van der Waals surface area contributed by atoms with Crippen molar-refractivity contribution in [3.8, 4) is 0 Å². The third-order valence-electron chi connectivity index (χ3n) is 3.16. The van der Waals surface area contributed by atoms with Crippen molar-refractivity contribution in [3.63, 3.8) is 0 Å². The first-order chi connectivity index (χ1) is 11.0. The first-order valence-electron chi connectivity index (χ1n) is 8.36. The highest BCUT2D eigenvalue weighted by molar-refractivity contribution is 5.93. The molecule has 0 fully saturated rings. The van der Waals surface area contributed by atoms with E-state index in [0.29, 0.717) is 19.4 Å². The van der Waals surface area contributed by atoms with Gasteiger partial charge in [0.15, 0.2) is 0 Å². The maximum Gasteiger partial charge on any atom is 0.407 e. The van der Waals surface area contributed by atoms with E-state index in [9.17, 15) is 9.59 Å². The summed E-state index contributed by atoms with van der Waals surface area (Å²) in [4.78, 5) is 27.6. The van der Waals surface area contributed by atoms with Gasteiger partial charge >= 0.3 is 12.1 Å². The Balaban J connectivity index is 4.61. The van der Waals surface area contributed by atoms with Gasteiger partial charge in [-0.25, -0.2) is 9.59 Å². The molecule has 0 heterocycles. The van der Waals surface area contributed by atoms with Crippen molar-refractivity contribution in [2.75, 3.05) is 6.61 Å². The van der Waals surface area contributed by atoms with E-state index in [-0.39, 0.29) is 17.7 Å². The van der Waals surface area contributed by atoms with E-state index in [1.807, 2.05) is 41.5 Å². The smallest absolute Gasteiger partial charge is 0.407 e. The summed E-state index contributed by atoms with van der Waals surface area (Å²) in [7, 11) is 0. The Morgan fingerprint density at radius 3 is 2.29 bits per heavy atom. The Morgan fingerprint density at radius 1 is 1.25 bits per heavy atom. The van der Waals surface area contributed by atoms with Gasteiger partial charge in [-0.1, -0.05) is 20.4 Å². The van der Waals surface area contributed by atoms with Gasteiger partial charge in [-0.2, -0.15) is 0 Å². The van der Waals surface area contributed by atoms with Crippen LogP contribution in [0.5, 0.6) is 0 Å². The van der Waals surface area contributed by atoms with E-state index in [4.69, 9.17) is 9.47 Å². The number of hydrogen-bond donors (Lipinski definition) is 1. The monoisotopic (exact) mass is 340 g/mol. The lowest BCUT2D eigenvalue weighted by atomic mass is 9.98. The van der Waals surface area contributed by atoms with Crippen molar-refractivity contribution < 1.29 is 19.1 Å². The SMILES string of the molecule is C=C(/N=C(\C)CCC(NC(=O)OC(C)(C)C)C(C)C)C(=O)OCC. The fourth-order valence-corrected chi connectivity index (χ4v) is 1.94. The van der Waals surface area contributed by atoms with Gasteiger partial charge in [0, 0.05) is 11.8 Å². The average Bonchev–Trinajstić information content (AvgIpc) is 2.41. The van der Waals surface area contributed by atoms with E-state index >= 15 is 0 Å². The van der Waals surface area contributed by atoms with Crippen LogP contribution in [0.2, 0.25) is 0 Å². The lowest BCUT2D eigenvalue weighted by Gasteiger charge is -2.25. The van der Waals surface area contributed by atoms with Crippen molar-refractivity contribution in [2.45, 2.75) is 73.0 Å². The maximum absolute atomic E-state index is 11.9. The molecule has 0 rings (SSSR count). The molecule has 1 N–H and O–H groups in total. The minimum atomic E-state index is -0.527. The molecule has 24 heavy (non-hydrogen) atoms. The molecule has 0 bridgehead atoms. The molecular formula is C18H32N2O4. The molecule has 0 aromatic heterocycles. The fraction of sp³-hybridized carbons (Fsp3) is 0.722. The van der Waals surface area contributed by atoms with Crippen LogP contribution in [0.1, 0.15) is 61.3 Å². The third-order valence-corrected chi connectivity index (χ3v) is 3.16. The first-order valence-corrected chi connectivity index (χ1v) is 8.36. The van der Waals surface area contributed by atoms with Gasteiger partial charge in [0.1, 0.15) is 11.3 Å². The zero-order valence-electron chi connectivity index (χ0n) is 16.1. The third kappa shape index (κ3) is 10.0. The van der Waals surface area contributed by atoms with Crippen LogP contribution in [-0.2, 0) is 14.3 Å². The number of rotatable bonds is 8. The second kappa shape index (κ2) is 10.1. The molecular weight excluding hydrogens is 308 g/mol. The number of nitrogens with one attached hydrogen (secondary N) is 1. The minimum Gasteiger partial charge on any atom is -0.461 e. The molecule has 6 nitrogen and oxygen atoms in total. The molecule has 0 aliphatic heterocycles. The summed E-state index contributed by atoms with van der Waals surface area (Å²) in [6, 6.07) is -0.0409. The maximum atomic E-state index is 11.9. The Morgan fingerprint density at radius 2 is 1.83 bits per heavy atom. The highest BCUT2D eigenvalue weighted by atomic mass is 16.6. The second-order valence-electron chi connectivity index (χ2n) is 7.05. The number of carbonyl (C=O) groups excluding carboxylic acids is 2. The van der Waals surface area contributed by atoms with Crippen LogP contribution in [0.3, 0.4) is 0 Å². The van der Waals surface area contributed by atoms with Gasteiger partial charge in [-0.3, -0.25) is 4.99 Å². The quantitative estimate of drug-likeness (QED) is 0.413. The molecule has 0 saturated heterocycles. The Kier molecular flexibility index (Phi) is 9.33. The van der Waals surface area contributed by atoms with Crippen molar-refractivity contribution in [2.24, 2.45) is 10.9 Å². The van der Waals surface area contributed by atoms with Gasteiger partial charge in [-0.05, 0) is 53.4 Å². The van der Waals surface area contributed by atoms with E-state index in [2.05, 4.69) is 16.9 Å². The normalized spacial score (nSPS) is 13.4. The molecule has 0 aliphatic carbocycles. The van der Waals surface area contributed by atoms with Crippen molar-refractivity contribution >= 4 is 17.8 Å². The zero-order chi connectivity index (χ0) is 18.9. The molecule has 0 saturated carbocycles. The van der Waals surface area contributed by atoms with Gasteiger partial charge in [0.2, 0.25) is 0 Å². The lowest BCUT2D eigenvalue weighted by molar-refractivity contribution is -0.138. The van der Waals surface area contributed by atoms with Gasteiger partial charge < -0.3 is 14.8 Å². The summed E-state index contributed by atoms with van der Waals surface area (Å²) in [5.41, 5.74) is 0.334. The van der Waals surface area contributed by atoms with E-state index in [1.165, 1.54) is 0 Å². The van der Waals surface area contributed by atoms with Crippen molar-refractivity contribution in [3.05, 3.63) is 12.3 Å². The van der Waals surface area contributed by atoms with Crippen LogP contribution in [0.15, 0.2) is 17.3 Å². The van der Waals surface area contributed by atoms with E-state index in [1.54, 1.807) is 6.92 Å². The molecule has 6 heteroatoms. The Hall–Kier alpha value is -1.85. The van der Waals surface area contributed by atoms with E-state index < -0.39 is 17.7 Å². The molecule has 0 radical (unpaired) electrons. The highest BCUT2D eigenvalue weighted by Gasteiger charge is 2.21. The number of alkyl carbamates (subject to hydrolysis) is 1. The molecule has 138 valence electrons. The van der Waals surface area contributed by atoms with Crippen LogP contribution in [0.4, 0.5) is 4.79 Å². The Bertz CT molecular complexity index is 476. The number of hydrogen-bond acceptors (Lipinski definition) is 5. The molecule has 0 spiro atoms. The summed E-state index contributed by atoms with van der Waals surface area (Å²) < 4.78 is 10.1. The van der Waals surface area contributed by atoms with Crippen LogP contribution < -0.4 is 5.32 Å². The number of carbonyl (C=O) groups is 2. The van der Waals surface area contributed by atoms with Crippen LogP contribution >= 0.6 is 0 Å². The van der Waals surface area contributed by atoms with Gasteiger partial charge in [-0.15, -0.1) is 0 Å². The summed E-state index contributed by atoms with van der Waals surface area (Å²) >= 11 is 0. The van der Waals surface area contributed by atoms with E-state index in [0.717, 1.165) is 5.71 Å². The molecule has 1 atom stereocenters. The topological polar surface area (TPSA) is 77.0 Å². The first kappa shape index (κ1) is 22.1. The number of aliphatic imine (C=N–C) groups is 1. The summed E-state index contributed by atoms with van der Waals surface area (Å²) in [6.45, 7) is 17.0. The summed E-state index contributed by atoms with van der Waals surface area (Å²) in [5.74, 6) is -0.261. The second-order valence-corrected chi connectivity index (χ2v) is 7.05. The summed E-state index contributed by atoms with van der Waals surface area (Å²) in [6.07, 6.45) is 0.908. The molecule has 0 aromatic rings. The standard InChI is InChI=1S/C18H32N2O4/c1-9-23-16(21)14(5)19-13(4)10-11-15(12(2)3)20-17(22)24-18(6,7)8/h12,15H,5,9-11H2,1-4,6-8H3,(H,20,22)/b19-13+. The predicted molar refractivity (Wildman–Crippen MR) is 96.1 cm³/mol. The van der Waals surface area contributed by atoms with Crippen LogP contribution in [-0.4, -0.2) is 36.0 Å².